The molecule has 1 aliphatic heterocycles. The average Bonchev–Trinajstić information content (AvgIpc) is 3.45. The number of rotatable bonds is 4. The molecule has 0 N–H and O–H groups in total. The van der Waals surface area contributed by atoms with Crippen molar-refractivity contribution < 1.29 is 0 Å². The van der Waals surface area contributed by atoms with Gasteiger partial charge in [0.25, 0.3) is 0 Å². The first-order valence-corrected chi connectivity index (χ1v) is 10.3. The normalized spacial score (nSPS) is 24.6. The van der Waals surface area contributed by atoms with Gasteiger partial charge in [-0.2, -0.15) is 5.10 Å². The first-order valence-electron chi connectivity index (χ1n) is 10.3. The van der Waals surface area contributed by atoms with Crippen molar-refractivity contribution in [2.45, 2.75) is 50.6 Å². The molecule has 0 amide bonds. The second-order valence-corrected chi connectivity index (χ2v) is 8.43. The second-order valence-electron chi connectivity index (χ2n) is 8.43. The van der Waals surface area contributed by atoms with Gasteiger partial charge in [0.2, 0.25) is 0 Å². The molecule has 4 heteroatoms. The monoisotopic (exact) mass is 350 g/mol. The molecule has 2 heterocycles. The van der Waals surface area contributed by atoms with E-state index in [1.165, 1.54) is 69.5 Å². The van der Waals surface area contributed by atoms with E-state index < -0.39 is 0 Å². The highest BCUT2D eigenvalue weighted by atomic mass is 15.3. The Morgan fingerprint density at radius 3 is 2.54 bits per heavy atom. The number of hydrogen-bond acceptors (Lipinski definition) is 3. The largest absolute Gasteiger partial charge is 0.298 e. The second kappa shape index (κ2) is 6.82. The molecular formula is C22H30N4. The van der Waals surface area contributed by atoms with Crippen LogP contribution in [0.5, 0.6) is 0 Å². The lowest BCUT2D eigenvalue weighted by Gasteiger charge is -2.41. The number of hydrogen-bond donors (Lipinski definition) is 0. The van der Waals surface area contributed by atoms with Crippen LogP contribution in [0.15, 0.2) is 30.5 Å². The van der Waals surface area contributed by atoms with E-state index >= 15 is 0 Å². The molecule has 1 aromatic heterocycles. The Balaban J connectivity index is 1.18. The fourth-order valence-electron chi connectivity index (χ4n) is 5.02. The smallest absolute Gasteiger partial charge is 0.0537 e. The van der Waals surface area contributed by atoms with Crippen LogP contribution in [0.4, 0.5) is 0 Å². The minimum absolute atomic E-state index is 0.743. The lowest BCUT2D eigenvalue weighted by Crippen LogP contribution is -2.51. The minimum Gasteiger partial charge on any atom is -0.298 e. The average molecular weight is 351 g/mol. The summed E-state index contributed by atoms with van der Waals surface area (Å²) < 4.78 is 2.11. The van der Waals surface area contributed by atoms with Crippen molar-refractivity contribution in [2.75, 3.05) is 26.2 Å². The number of piperazine rings is 1. The molecule has 5 rings (SSSR count). The zero-order chi connectivity index (χ0) is 17.5. The van der Waals surface area contributed by atoms with E-state index in [9.17, 15) is 0 Å². The molecule has 0 spiro atoms. The molecule has 2 aromatic rings. The van der Waals surface area contributed by atoms with Gasteiger partial charge in [-0.05, 0) is 43.2 Å². The van der Waals surface area contributed by atoms with Gasteiger partial charge in [-0.3, -0.25) is 14.5 Å². The molecule has 2 aliphatic carbocycles. The van der Waals surface area contributed by atoms with Crippen molar-refractivity contribution in [3.8, 4) is 0 Å². The van der Waals surface area contributed by atoms with Crippen LogP contribution in [-0.4, -0.2) is 51.8 Å². The molecule has 4 nitrogen and oxygen atoms in total. The summed E-state index contributed by atoms with van der Waals surface area (Å²) in [5.41, 5.74) is 6.12. The quantitative estimate of drug-likeness (QED) is 0.847. The maximum absolute atomic E-state index is 4.53. The zero-order valence-electron chi connectivity index (χ0n) is 15.9. The molecule has 26 heavy (non-hydrogen) atoms. The summed E-state index contributed by atoms with van der Waals surface area (Å²) in [6.45, 7) is 5.90. The molecule has 0 radical (unpaired) electrons. The van der Waals surface area contributed by atoms with Gasteiger partial charge in [0.05, 0.1) is 6.20 Å². The van der Waals surface area contributed by atoms with E-state index in [1.807, 2.05) is 0 Å². The summed E-state index contributed by atoms with van der Waals surface area (Å²) in [5.74, 6) is 0.779. The van der Waals surface area contributed by atoms with Gasteiger partial charge < -0.3 is 0 Å². The third-order valence-corrected chi connectivity index (χ3v) is 6.67. The van der Waals surface area contributed by atoms with Crippen LogP contribution in [0.3, 0.4) is 0 Å². The molecule has 2 fully saturated rings. The third kappa shape index (κ3) is 3.21. The number of aryl methyl sites for hydroxylation is 2. The Hall–Kier alpha value is -1.65. The maximum atomic E-state index is 4.53. The summed E-state index contributed by atoms with van der Waals surface area (Å²) in [4.78, 5) is 5.38. The lowest BCUT2D eigenvalue weighted by atomic mass is 9.87. The van der Waals surface area contributed by atoms with Gasteiger partial charge in [-0.25, -0.2) is 0 Å². The fraction of sp³-hybridized carbons (Fsp3) is 0.591. The summed E-state index contributed by atoms with van der Waals surface area (Å²) in [6, 6.07) is 9.78. The van der Waals surface area contributed by atoms with Gasteiger partial charge in [0, 0.05) is 63.0 Å². The number of fused-ring (bicyclic) bond motifs is 1. The van der Waals surface area contributed by atoms with Crippen LogP contribution < -0.4 is 0 Å². The number of nitrogens with zero attached hydrogens (tertiary/aromatic N) is 4. The van der Waals surface area contributed by atoms with E-state index in [2.05, 4.69) is 57.1 Å². The molecular weight excluding hydrogens is 320 g/mol. The van der Waals surface area contributed by atoms with Crippen molar-refractivity contribution in [3.05, 3.63) is 52.8 Å². The van der Waals surface area contributed by atoms with Crippen molar-refractivity contribution in [2.24, 2.45) is 7.05 Å². The Kier molecular flexibility index (Phi) is 4.33. The van der Waals surface area contributed by atoms with E-state index in [4.69, 9.17) is 0 Å². The Labute approximate surface area is 156 Å². The molecule has 1 aromatic carbocycles. The van der Waals surface area contributed by atoms with E-state index in [0.29, 0.717) is 0 Å². The minimum atomic E-state index is 0.743. The Bertz CT molecular complexity index is 768. The van der Waals surface area contributed by atoms with Crippen molar-refractivity contribution in [1.82, 2.24) is 19.6 Å². The topological polar surface area (TPSA) is 24.3 Å². The molecule has 3 aliphatic rings. The predicted octanol–water partition coefficient (Wildman–Crippen LogP) is 2.97. The summed E-state index contributed by atoms with van der Waals surface area (Å²) in [5, 5.41) is 4.53. The molecule has 0 unspecified atom stereocenters. The fourth-order valence-corrected chi connectivity index (χ4v) is 5.02. The van der Waals surface area contributed by atoms with E-state index in [0.717, 1.165) is 18.5 Å². The number of aromatic nitrogens is 2. The van der Waals surface area contributed by atoms with Gasteiger partial charge >= 0.3 is 0 Å². The first-order chi connectivity index (χ1) is 12.8. The highest BCUT2D eigenvalue weighted by Gasteiger charge is 2.31. The molecule has 1 saturated heterocycles. The maximum Gasteiger partial charge on any atom is 0.0537 e. The zero-order valence-corrected chi connectivity index (χ0v) is 15.9. The highest BCUT2D eigenvalue weighted by molar-refractivity contribution is 5.30. The van der Waals surface area contributed by atoms with Crippen LogP contribution in [-0.2, 0) is 26.4 Å². The van der Waals surface area contributed by atoms with E-state index in [1.54, 1.807) is 11.1 Å². The van der Waals surface area contributed by atoms with Crippen LogP contribution in [0.1, 0.15) is 47.6 Å². The Morgan fingerprint density at radius 2 is 1.77 bits per heavy atom. The molecule has 0 bridgehead atoms. The Morgan fingerprint density at radius 1 is 1.00 bits per heavy atom. The van der Waals surface area contributed by atoms with Crippen molar-refractivity contribution in [1.29, 1.82) is 0 Å². The van der Waals surface area contributed by atoms with Gasteiger partial charge in [-0.1, -0.05) is 24.3 Å². The summed E-state index contributed by atoms with van der Waals surface area (Å²) in [7, 11) is 2.11. The van der Waals surface area contributed by atoms with Crippen molar-refractivity contribution >= 4 is 0 Å². The standard InChI is InChI=1S/C22H30N4/c1-24-22(18-6-7-18)20(15-23-24)16-25-10-12-26(13-11-25)21-9-8-17-4-2-3-5-19(17)14-21/h2-5,15,18,21H,6-14,16H2,1H3/t21-/m0/s1. The van der Waals surface area contributed by atoms with Crippen LogP contribution in [0.25, 0.3) is 0 Å². The molecule has 1 atom stereocenters. The summed E-state index contributed by atoms with van der Waals surface area (Å²) >= 11 is 0. The van der Waals surface area contributed by atoms with Crippen molar-refractivity contribution in [3.63, 3.8) is 0 Å². The molecule has 138 valence electrons. The van der Waals surface area contributed by atoms with Gasteiger partial charge in [0.15, 0.2) is 0 Å². The van der Waals surface area contributed by atoms with Crippen LogP contribution in [0, 0.1) is 0 Å². The summed E-state index contributed by atoms with van der Waals surface area (Å²) in [6.07, 6.45) is 8.63. The third-order valence-electron chi connectivity index (χ3n) is 6.67. The van der Waals surface area contributed by atoms with Crippen LogP contribution >= 0.6 is 0 Å². The molecule has 1 saturated carbocycles. The highest BCUT2D eigenvalue weighted by Crippen LogP contribution is 2.41. The van der Waals surface area contributed by atoms with Crippen LogP contribution in [0.2, 0.25) is 0 Å². The SMILES string of the molecule is Cn1ncc(CN2CCN([C@H]3CCc4ccccc4C3)CC2)c1C1CC1. The predicted molar refractivity (Wildman–Crippen MR) is 104 cm³/mol. The van der Waals surface area contributed by atoms with Gasteiger partial charge in [0.1, 0.15) is 0 Å². The van der Waals surface area contributed by atoms with E-state index in [-0.39, 0.29) is 0 Å². The number of benzene rings is 1. The first kappa shape index (κ1) is 16.5. The lowest BCUT2D eigenvalue weighted by molar-refractivity contribution is 0.0855. The van der Waals surface area contributed by atoms with Gasteiger partial charge in [-0.15, -0.1) is 0 Å².